The summed E-state index contributed by atoms with van der Waals surface area (Å²) in [5, 5.41) is 18.5. The van der Waals surface area contributed by atoms with Crippen molar-refractivity contribution in [2.24, 2.45) is 0 Å². The fraction of sp³-hybridized carbons (Fsp3) is 0.333. The Hall–Kier alpha value is -1.37. The highest BCUT2D eigenvalue weighted by Gasteiger charge is 2.24. The van der Waals surface area contributed by atoms with E-state index >= 15 is 0 Å². The highest BCUT2D eigenvalue weighted by atomic mass is 35.5. The van der Waals surface area contributed by atoms with Gasteiger partial charge in [-0.25, -0.2) is 0 Å². The molecule has 0 saturated carbocycles. The van der Waals surface area contributed by atoms with Gasteiger partial charge in [0, 0.05) is 25.9 Å². The van der Waals surface area contributed by atoms with Gasteiger partial charge in [-0.1, -0.05) is 17.7 Å². The molecule has 5 nitrogen and oxygen atoms in total. The molecule has 0 atom stereocenters. The van der Waals surface area contributed by atoms with Crippen LogP contribution < -0.4 is 5.46 Å². The summed E-state index contributed by atoms with van der Waals surface area (Å²) in [5.41, 5.74) is 0.433. The van der Waals surface area contributed by atoms with Gasteiger partial charge in [0.2, 0.25) is 0 Å². The molecule has 1 saturated heterocycles. The van der Waals surface area contributed by atoms with Crippen LogP contribution in [-0.4, -0.2) is 46.8 Å². The Kier molecular flexibility index (Phi) is 4.24. The monoisotopic (exact) mass is 281 g/mol. The lowest BCUT2D eigenvalue weighted by atomic mass is 9.79. The molecule has 1 heterocycles. The highest BCUT2D eigenvalue weighted by Crippen LogP contribution is 2.18. The van der Waals surface area contributed by atoms with Gasteiger partial charge in [0.05, 0.1) is 10.6 Å². The Morgan fingerprint density at radius 1 is 1.26 bits per heavy atom. The summed E-state index contributed by atoms with van der Waals surface area (Å²) in [6, 6.07) is 4.27. The molecule has 7 heteroatoms. The zero-order valence-corrected chi connectivity index (χ0v) is 10.9. The molecule has 100 valence electrons. The second kappa shape index (κ2) is 5.73. The van der Waals surface area contributed by atoms with Gasteiger partial charge in [-0.3, -0.25) is 9.59 Å². The number of hydrogen-bond donors (Lipinski definition) is 2. The third-order valence-electron chi connectivity index (χ3n) is 3.13. The van der Waals surface area contributed by atoms with Gasteiger partial charge in [0.25, 0.3) is 5.91 Å². The third-order valence-corrected chi connectivity index (χ3v) is 3.46. The van der Waals surface area contributed by atoms with Crippen LogP contribution in [0.1, 0.15) is 23.2 Å². The van der Waals surface area contributed by atoms with E-state index in [4.69, 9.17) is 21.6 Å². The maximum absolute atomic E-state index is 12.3. The summed E-state index contributed by atoms with van der Waals surface area (Å²) in [7, 11) is -1.65. The first kappa shape index (κ1) is 14.1. The first-order chi connectivity index (χ1) is 8.99. The number of carbonyl (C=O) groups is 2. The molecule has 0 unspecified atom stereocenters. The van der Waals surface area contributed by atoms with Crippen molar-refractivity contribution in [3.05, 3.63) is 28.8 Å². The van der Waals surface area contributed by atoms with E-state index in [0.29, 0.717) is 25.9 Å². The number of piperidine rings is 1. The smallest absolute Gasteiger partial charge is 0.423 e. The summed E-state index contributed by atoms with van der Waals surface area (Å²) in [6.07, 6.45) is 0.706. The van der Waals surface area contributed by atoms with Gasteiger partial charge < -0.3 is 14.9 Å². The van der Waals surface area contributed by atoms with Crippen molar-refractivity contribution in [2.75, 3.05) is 13.1 Å². The van der Waals surface area contributed by atoms with Crippen LogP contribution in [0.4, 0.5) is 0 Å². The highest BCUT2D eigenvalue weighted by molar-refractivity contribution is 6.58. The molecule has 0 bridgehead atoms. The lowest BCUT2D eigenvalue weighted by molar-refractivity contribution is -0.120. The van der Waals surface area contributed by atoms with E-state index in [1.165, 1.54) is 18.2 Å². The Labute approximate surface area is 115 Å². The van der Waals surface area contributed by atoms with Gasteiger partial charge in [0.1, 0.15) is 5.78 Å². The van der Waals surface area contributed by atoms with Crippen molar-refractivity contribution in [3.8, 4) is 0 Å². The van der Waals surface area contributed by atoms with E-state index < -0.39 is 7.12 Å². The number of halogens is 1. The van der Waals surface area contributed by atoms with E-state index in [-0.39, 0.29) is 27.7 Å². The van der Waals surface area contributed by atoms with Gasteiger partial charge in [-0.15, -0.1) is 0 Å². The normalized spacial score (nSPS) is 15.5. The van der Waals surface area contributed by atoms with E-state index in [2.05, 4.69) is 0 Å². The topological polar surface area (TPSA) is 77.8 Å². The number of ketones is 1. The maximum atomic E-state index is 12.3. The number of nitrogens with zero attached hydrogens (tertiary/aromatic N) is 1. The first-order valence-electron chi connectivity index (χ1n) is 5.95. The van der Waals surface area contributed by atoms with Crippen LogP contribution in [-0.2, 0) is 4.79 Å². The minimum Gasteiger partial charge on any atom is -0.423 e. The molecule has 1 aliphatic heterocycles. The molecule has 19 heavy (non-hydrogen) atoms. The zero-order chi connectivity index (χ0) is 14.0. The minimum atomic E-state index is -1.65. The zero-order valence-electron chi connectivity index (χ0n) is 10.2. The quantitative estimate of drug-likeness (QED) is 0.738. The predicted octanol–water partition coefficient (Wildman–Crippen LogP) is -0.175. The first-order valence-corrected chi connectivity index (χ1v) is 6.33. The number of likely N-dealkylation sites (tertiary alicyclic amines) is 1. The lowest BCUT2D eigenvalue weighted by Gasteiger charge is -2.26. The fourth-order valence-electron chi connectivity index (χ4n) is 2.00. The van der Waals surface area contributed by atoms with Crippen LogP contribution in [0.2, 0.25) is 5.02 Å². The van der Waals surface area contributed by atoms with Crippen molar-refractivity contribution < 1.29 is 19.6 Å². The van der Waals surface area contributed by atoms with Crippen molar-refractivity contribution in [3.63, 3.8) is 0 Å². The Morgan fingerprint density at radius 3 is 2.47 bits per heavy atom. The SMILES string of the molecule is O=C1CCN(C(=O)c2cc(B(O)O)ccc2Cl)CC1. The molecule has 0 aliphatic carbocycles. The van der Waals surface area contributed by atoms with Crippen LogP contribution in [0.3, 0.4) is 0 Å². The number of benzene rings is 1. The van der Waals surface area contributed by atoms with Gasteiger partial charge in [0.15, 0.2) is 0 Å². The Balaban J connectivity index is 2.23. The Morgan fingerprint density at radius 2 is 1.89 bits per heavy atom. The molecule has 1 aromatic carbocycles. The van der Waals surface area contributed by atoms with E-state index in [1.54, 1.807) is 4.90 Å². The van der Waals surface area contributed by atoms with Crippen molar-refractivity contribution >= 4 is 35.9 Å². The van der Waals surface area contributed by atoms with Crippen molar-refractivity contribution in [1.82, 2.24) is 4.90 Å². The molecule has 0 radical (unpaired) electrons. The summed E-state index contributed by atoms with van der Waals surface area (Å²) >= 11 is 5.97. The van der Waals surface area contributed by atoms with Crippen LogP contribution in [0.25, 0.3) is 0 Å². The number of rotatable bonds is 2. The predicted molar refractivity (Wildman–Crippen MR) is 71.4 cm³/mol. The molecule has 1 aliphatic rings. The maximum Gasteiger partial charge on any atom is 0.488 e. The molecule has 1 aromatic rings. The second-order valence-corrected chi connectivity index (χ2v) is 4.85. The van der Waals surface area contributed by atoms with Gasteiger partial charge in [-0.2, -0.15) is 0 Å². The second-order valence-electron chi connectivity index (χ2n) is 4.44. The lowest BCUT2D eigenvalue weighted by Crippen LogP contribution is -2.39. The van der Waals surface area contributed by atoms with Crippen LogP contribution in [0, 0.1) is 0 Å². The molecular formula is C12H13BClNO4. The molecule has 2 rings (SSSR count). The minimum absolute atomic E-state index is 0.148. The Bertz CT molecular complexity index is 510. The summed E-state index contributed by atoms with van der Waals surface area (Å²) in [6.45, 7) is 0.750. The van der Waals surface area contributed by atoms with Crippen LogP contribution in [0.5, 0.6) is 0 Å². The van der Waals surface area contributed by atoms with Crippen molar-refractivity contribution in [2.45, 2.75) is 12.8 Å². The largest absolute Gasteiger partial charge is 0.488 e. The summed E-state index contributed by atoms with van der Waals surface area (Å²) in [4.78, 5) is 25.0. The van der Waals surface area contributed by atoms with E-state index in [0.717, 1.165) is 0 Å². The molecular weight excluding hydrogens is 268 g/mol. The number of Topliss-reactive ketones (excluding diaryl/α,β-unsaturated/α-hetero) is 1. The van der Waals surface area contributed by atoms with Gasteiger partial charge in [-0.05, 0) is 17.6 Å². The molecule has 1 amide bonds. The number of hydrogen-bond acceptors (Lipinski definition) is 4. The van der Waals surface area contributed by atoms with E-state index in [9.17, 15) is 9.59 Å². The molecule has 0 aromatic heterocycles. The fourth-order valence-corrected chi connectivity index (χ4v) is 2.20. The van der Waals surface area contributed by atoms with Crippen LogP contribution >= 0.6 is 11.6 Å². The van der Waals surface area contributed by atoms with Crippen molar-refractivity contribution in [1.29, 1.82) is 0 Å². The van der Waals surface area contributed by atoms with Crippen LogP contribution in [0.15, 0.2) is 18.2 Å². The van der Waals surface area contributed by atoms with E-state index in [1.807, 2.05) is 0 Å². The number of carbonyl (C=O) groups excluding carboxylic acids is 2. The molecule has 0 spiro atoms. The average Bonchev–Trinajstić information content (AvgIpc) is 2.39. The number of amides is 1. The average molecular weight is 282 g/mol. The third kappa shape index (κ3) is 3.15. The molecule has 2 N–H and O–H groups in total. The summed E-state index contributed by atoms with van der Waals surface area (Å²) in [5.74, 6) is -0.144. The standard InChI is InChI=1S/C12H13BClNO4/c14-11-2-1-8(13(18)19)7-10(11)12(17)15-5-3-9(16)4-6-15/h1-2,7,18-19H,3-6H2. The molecule has 1 fully saturated rings. The van der Waals surface area contributed by atoms with Gasteiger partial charge >= 0.3 is 7.12 Å². The summed E-state index contributed by atoms with van der Waals surface area (Å²) < 4.78 is 0.